The van der Waals surface area contributed by atoms with Gasteiger partial charge in [-0.05, 0) is 44.4 Å². The second kappa shape index (κ2) is 9.19. The third kappa shape index (κ3) is 4.66. The molecule has 0 spiro atoms. The highest BCUT2D eigenvalue weighted by Gasteiger charge is 2.42. The minimum Gasteiger partial charge on any atom is -0.381 e. The standard InChI is InChI=1S/C18H31N3O3.ClH/c19-14-18(6-11-24-12-7-18)17(23)20-9-4-15(5-10-20)13-21-8-2-1-3-16(21)22;/h15H,1-14,19H2;1H. The normalized spacial score (nSPS) is 24.8. The van der Waals surface area contributed by atoms with Crippen molar-refractivity contribution in [3.63, 3.8) is 0 Å². The Morgan fingerprint density at radius 2 is 1.84 bits per heavy atom. The first-order chi connectivity index (χ1) is 11.6. The smallest absolute Gasteiger partial charge is 0.230 e. The summed E-state index contributed by atoms with van der Waals surface area (Å²) in [7, 11) is 0. The number of likely N-dealkylation sites (tertiary alicyclic amines) is 2. The zero-order chi connectivity index (χ0) is 17.0. The van der Waals surface area contributed by atoms with Gasteiger partial charge in [0.15, 0.2) is 0 Å². The third-order valence-corrected chi connectivity index (χ3v) is 6.10. The lowest BCUT2D eigenvalue weighted by Crippen LogP contribution is -2.53. The maximum absolute atomic E-state index is 13.0. The molecule has 0 radical (unpaired) electrons. The topological polar surface area (TPSA) is 75.9 Å². The van der Waals surface area contributed by atoms with E-state index in [0.29, 0.717) is 38.0 Å². The van der Waals surface area contributed by atoms with Crippen LogP contribution < -0.4 is 5.73 Å². The number of hydrogen-bond acceptors (Lipinski definition) is 4. The Labute approximate surface area is 156 Å². The molecule has 0 unspecified atom stereocenters. The van der Waals surface area contributed by atoms with Crippen LogP contribution in [0.25, 0.3) is 0 Å². The van der Waals surface area contributed by atoms with Crippen LogP contribution in [0.2, 0.25) is 0 Å². The van der Waals surface area contributed by atoms with E-state index in [1.165, 1.54) is 0 Å². The molecule has 0 atom stereocenters. The van der Waals surface area contributed by atoms with Crippen molar-refractivity contribution < 1.29 is 14.3 Å². The van der Waals surface area contributed by atoms with Gasteiger partial charge in [-0.25, -0.2) is 0 Å². The number of halogens is 1. The molecule has 7 heteroatoms. The molecule has 3 fully saturated rings. The molecule has 2 N–H and O–H groups in total. The van der Waals surface area contributed by atoms with Gasteiger partial charge >= 0.3 is 0 Å². The highest BCUT2D eigenvalue weighted by Crippen LogP contribution is 2.33. The molecule has 3 aliphatic rings. The predicted molar refractivity (Wildman–Crippen MR) is 98.5 cm³/mol. The van der Waals surface area contributed by atoms with Crippen LogP contribution in [0.4, 0.5) is 0 Å². The number of amides is 2. The molecule has 0 aliphatic carbocycles. The molecule has 3 rings (SSSR count). The summed E-state index contributed by atoms with van der Waals surface area (Å²) in [5.74, 6) is 1.06. The molecule has 0 aromatic rings. The van der Waals surface area contributed by atoms with Crippen LogP contribution in [0.15, 0.2) is 0 Å². The molecule has 0 bridgehead atoms. The number of nitrogens with zero attached hydrogens (tertiary/aromatic N) is 2. The summed E-state index contributed by atoms with van der Waals surface area (Å²) in [6, 6.07) is 0. The Hall–Kier alpha value is -0.850. The van der Waals surface area contributed by atoms with Crippen LogP contribution in [0.5, 0.6) is 0 Å². The van der Waals surface area contributed by atoms with E-state index in [0.717, 1.165) is 64.7 Å². The van der Waals surface area contributed by atoms with Gasteiger partial charge < -0.3 is 20.3 Å². The molecule has 3 aliphatic heterocycles. The van der Waals surface area contributed by atoms with Gasteiger partial charge in [0.05, 0.1) is 5.41 Å². The molecular weight excluding hydrogens is 342 g/mol. The lowest BCUT2D eigenvalue weighted by Gasteiger charge is -2.42. The van der Waals surface area contributed by atoms with Crippen LogP contribution in [0.1, 0.15) is 44.9 Å². The van der Waals surface area contributed by atoms with Gasteiger partial charge in [0, 0.05) is 52.4 Å². The van der Waals surface area contributed by atoms with Gasteiger partial charge in [-0.15, -0.1) is 12.4 Å². The van der Waals surface area contributed by atoms with Crippen molar-refractivity contribution in [1.29, 1.82) is 0 Å². The lowest BCUT2D eigenvalue weighted by atomic mass is 9.78. The Kier molecular flexibility index (Phi) is 7.52. The van der Waals surface area contributed by atoms with E-state index >= 15 is 0 Å². The monoisotopic (exact) mass is 373 g/mol. The highest BCUT2D eigenvalue weighted by molar-refractivity contribution is 5.85. The minimum absolute atomic E-state index is 0. The average molecular weight is 374 g/mol. The van der Waals surface area contributed by atoms with Gasteiger partial charge in [0.2, 0.25) is 11.8 Å². The van der Waals surface area contributed by atoms with E-state index in [1.807, 2.05) is 9.80 Å². The van der Waals surface area contributed by atoms with E-state index in [9.17, 15) is 9.59 Å². The first-order valence-electron chi connectivity index (χ1n) is 9.49. The summed E-state index contributed by atoms with van der Waals surface area (Å²) in [5.41, 5.74) is 5.56. The van der Waals surface area contributed by atoms with E-state index < -0.39 is 5.41 Å². The van der Waals surface area contributed by atoms with E-state index in [4.69, 9.17) is 10.5 Å². The van der Waals surface area contributed by atoms with Gasteiger partial charge in [-0.2, -0.15) is 0 Å². The summed E-state index contributed by atoms with van der Waals surface area (Å²) in [6.07, 6.45) is 6.34. The summed E-state index contributed by atoms with van der Waals surface area (Å²) in [5, 5.41) is 0. The minimum atomic E-state index is -0.409. The Bertz CT molecular complexity index is 460. The average Bonchev–Trinajstić information content (AvgIpc) is 2.64. The zero-order valence-electron chi connectivity index (χ0n) is 15.1. The molecule has 25 heavy (non-hydrogen) atoms. The number of ether oxygens (including phenoxy) is 1. The van der Waals surface area contributed by atoms with Crippen LogP contribution in [0, 0.1) is 11.3 Å². The first-order valence-corrected chi connectivity index (χ1v) is 9.49. The molecule has 6 nitrogen and oxygen atoms in total. The fourth-order valence-electron chi connectivity index (χ4n) is 4.29. The lowest BCUT2D eigenvalue weighted by molar-refractivity contribution is -0.149. The third-order valence-electron chi connectivity index (χ3n) is 6.10. The fraction of sp³-hybridized carbons (Fsp3) is 0.889. The Morgan fingerprint density at radius 3 is 2.44 bits per heavy atom. The molecule has 3 saturated heterocycles. The van der Waals surface area contributed by atoms with Gasteiger partial charge in [0.1, 0.15) is 0 Å². The molecule has 0 aromatic heterocycles. The van der Waals surface area contributed by atoms with Gasteiger partial charge in [0.25, 0.3) is 0 Å². The Balaban J connectivity index is 0.00000225. The van der Waals surface area contributed by atoms with Crippen molar-refractivity contribution in [2.24, 2.45) is 17.1 Å². The second-order valence-corrected chi connectivity index (χ2v) is 7.63. The number of carbonyl (C=O) groups excluding carboxylic acids is 2. The maximum Gasteiger partial charge on any atom is 0.230 e. The van der Waals surface area contributed by atoms with Crippen LogP contribution >= 0.6 is 12.4 Å². The van der Waals surface area contributed by atoms with Crippen LogP contribution in [-0.4, -0.2) is 67.6 Å². The molecule has 0 saturated carbocycles. The van der Waals surface area contributed by atoms with Crippen molar-refractivity contribution in [2.75, 3.05) is 45.9 Å². The number of nitrogens with two attached hydrogens (primary N) is 1. The molecule has 2 amide bonds. The number of hydrogen-bond donors (Lipinski definition) is 1. The summed E-state index contributed by atoms with van der Waals surface area (Å²) in [4.78, 5) is 29.0. The SMILES string of the molecule is Cl.NCC1(C(=O)N2CCC(CN3CCCCC3=O)CC2)CCOCC1. The number of piperidine rings is 2. The quantitative estimate of drug-likeness (QED) is 0.808. The number of rotatable bonds is 4. The Morgan fingerprint density at radius 1 is 1.16 bits per heavy atom. The van der Waals surface area contributed by atoms with E-state index in [2.05, 4.69) is 0 Å². The van der Waals surface area contributed by atoms with Gasteiger partial charge in [-0.1, -0.05) is 0 Å². The van der Waals surface area contributed by atoms with Crippen molar-refractivity contribution in [3.8, 4) is 0 Å². The molecule has 144 valence electrons. The van der Waals surface area contributed by atoms with Crippen molar-refractivity contribution >= 4 is 24.2 Å². The van der Waals surface area contributed by atoms with Crippen molar-refractivity contribution in [1.82, 2.24) is 9.80 Å². The second-order valence-electron chi connectivity index (χ2n) is 7.63. The highest BCUT2D eigenvalue weighted by atomic mass is 35.5. The maximum atomic E-state index is 13.0. The predicted octanol–water partition coefficient (Wildman–Crippen LogP) is 1.41. The summed E-state index contributed by atoms with van der Waals surface area (Å²) >= 11 is 0. The van der Waals surface area contributed by atoms with Crippen molar-refractivity contribution in [3.05, 3.63) is 0 Å². The largest absolute Gasteiger partial charge is 0.381 e. The molecular formula is C18H32ClN3O3. The molecule has 3 heterocycles. The van der Waals surface area contributed by atoms with Gasteiger partial charge in [-0.3, -0.25) is 9.59 Å². The van der Waals surface area contributed by atoms with E-state index in [-0.39, 0.29) is 18.3 Å². The first kappa shape index (κ1) is 20.5. The van der Waals surface area contributed by atoms with Crippen LogP contribution in [0.3, 0.4) is 0 Å². The fourth-order valence-corrected chi connectivity index (χ4v) is 4.29. The molecule has 0 aromatic carbocycles. The summed E-state index contributed by atoms with van der Waals surface area (Å²) in [6.45, 7) is 5.07. The van der Waals surface area contributed by atoms with Crippen LogP contribution in [-0.2, 0) is 14.3 Å². The van der Waals surface area contributed by atoms with E-state index in [1.54, 1.807) is 0 Å². The number of carbonyl (C=O) groups is 2. The van der Waals surface area contributed by atoms with Crippen molar-refractivity contribution in [2.45, 2.75) is 44.9 Å². The summed E-state index contributed by atoms with van der Waals surface area (Å²) < 4.78 is 5.41. The zero-order valence-corrected chi connectivity index (χ0v) is 15.9.